The summed E-state index contributed by atoms with van der Waals surface area (Å²) in [6.45, 7) is 0. The Kier molecular flexibility index (Phi) is 3.59. The van der Waals surface area contributed by atoms with E-state index in [1.165, 1.54) is 10.9 Å². The molecule has 0 saturated carbocycles. The fraction of sp³-hybridized carbons (Fsp3) is 0.167. The second-order valence-electron chi connectivity index (χ2n) is 3.56. The van der Waals surface area contributed by atoms with Gasteiger partial charge in [-0.2, -0.15) is 0 Å². The molecule has 1 atom stereocenters. The van der Waals surface area contributed by atoms with E-state index in [2.05, 4.69) is 0 Å². The lowest BCUT2D eigenvalue weighted by Crippen LogP contribution is -2.12. The predicted octanol–water partition coefficient (Wildman–Crippen LogP) is 3.78. The molecule has 1 aromatic carbocycles. The van der Waals surface area contributed by atoms with E-state index in [1.807, 2.05) is 17.5 Å². The van der Waals surface area contributed by atoms with Crippen molar-refractivity contribution in [1.29, 1.82) is 0 Å². The number of rotatable bonds is 3. The fourth-order valence-electron chi connectivity index (χ4n) is 1.51. The van der Waals surface area contributed by atoms with Crippen molar-refractivity contribution in [2.75, 3.05) is 0 Å². The van der Waals surface area contributed by atoms with Gasteiger partial charge in [-0.1, -0.05) is 23.7 Å². The topological polar surface area (TPSA) is 26.0 Å². The number of nitrogens with two attached hydrogens (primary N) is 1. The van der Waals surface area contributed by atoms with Crippen molar-refractivity contribution in [2.24, 2.45) is 5.73 Å². The number of thiophene rings is 1. The van der Waals surface area contributed by atoms with Crippen LogP contribution in [-0.2, 0) is 6.42 Å². The Morgan fingerprint density at radius 1 is 1.38 bits per heavy atom. The van der Waals surface area contributed by atoms with Crippen molar-refractivity contribution in [3.8, 4) is 0 Å². The van der Waals surface area contributed by atoms with E-state index in [-0.39, 0.29) is 11.1 Å². The minimum absolute atomic E-state index is 0.132. The molecule has 0 radical (unpaired) electrons. The molecule has 2 rings (SSSR count). The monoisotopic (exact) mass is 255 g/mol. The van der Waals surface area contributed by atoms with Gasteiger partial charge in [0.25, 0.3) is 0 Å². The molecule has 1 aromatic heterocycles. The van der Waals surface area contributed by atoms with Crippen molar-refractivity contribution in [3.05, 3.63) is 57.0 Å². The molecular weight excluding hydrogens is 245 g/mol. The maximum atomic E-state index is 13.2. The zero-order chi connectivity index (χ0) is 11.5. The van der Waals surface area contributed by atoms with Crippen molar-refractivity contribution in [2.45, 2.75) is 12.5 Å². The van der Waals surface area contributed by atoms with Gasteiger partial charge in [0.2, 0.25) is 0 Å². The first-order valence-electron chi connectivity index (χ1n) is 4.89. The molecule has 0 bridgehead atoms. The van der Waals surface area contributed by atoms with Gasteiger partial charge in [0, 0.05) is 17.3 Å². The molecule has 2 N–H and O–H groups in total. The van der Waals surface area contributed by atoms with Gasteiger partial charge in [-0.05, 0) is 29.1 Å². The van der Waals surface area contributed by atoms with Gasteiger partial charge >= 0.3 is 0 Å². The third kappa shape index (κ3) is 2.61. The van der Waals surface area contributed by atoms with E-state index in [0.29, 0.717) is 0 Å². The zero-order valence-corrected chi connectivity index (χ0v) is 10.1. The summed E-state index contributed by atoms with van der Waals surface area (Å²) in [5, 5.41) is 2.14. The average molecular weight is 256 g/mol. The van der Waals surface area contributed by atoms with E-state index < -0.39 is 5.82 Å². The zero-order valence-electron chi connectivity index (χ0n) is 8.49. The highest BCUT2D eigenvalue weighted by atomic mass is 35.5. The highest BCUT2D eigenvalue weighted by molar-refractivity contribution is 7.09. The Labute approximate surface area is 103 Å². The minimum atomic E-state index is -0.416. The third-order valence-electron chi connectivity index (χ3n) is 2.37. The standard InChI is InChI=1S/C12H11ClFNS/c13-10-4-3-8(6-11(10)14)12(15)7-9-2-1-5-16-9/h1-6,12H,7,15H2. The minimum Gasteiger partial charge on any atom is -0.324 e. The number of hydrogen-bond acceptors (Lipinski definition) is 2. The second-order valence-corrected chi connectivity index (χ2v) is 5.00. The summed E-state index contributed by atoms with van der Waals surface area (Å²) in [4.78, 5) is 1.20. The van der Waals surface area contributed by atoms with Crippen LogP contribution in [0.3, 0.4) is 0 Å². The molecule has 0 fully saturated rings. The number of hydrogen-bond donors (Lipinski definition) is 1. The van der Waals surface area contributed by atoms with Crippen LogP contribution in [0.4, 0.5) is 4.39 Å². The molecule has 4 heteroatoms. The Hall–Kier alpha value is -0.900. The van der Waals surface area contributed by atoms with E-state index in [0.717, 1.165) is 12.0 Å². The van der Waals surface area contributed by atoms with Gasteiger partial charge in [0.15, 0.2) is 0 Å². The highest BCUT2D eigenvalue weighted by Crippen LogP contribution is 2.22. The Morgan fingerprint density at radius 2 is 2.19 bits per heavy atom. The summed E-state index contributed by atoms with van der Waals surface area (Å²) < 4.78 is 13.2. The highest BCUT2D eigenvalue weighted by Gasteiger charge is 2.10. The predicted molar refractivity (Wildman–Crippen MR) is 66.4 cm³/mol. The van der Waals surface area contributed by atoms with Crippen molar-refractivity contribution < 1.29 is 4.39 Å². The Balaban J connectivity index is 2.14. The van der Waals surface area contributed by atoms with Crippen molar-refractivity contribution >= 4 is 22.9 Å². The van der Waals surface area contributed by atoms with Crippen LogP contribution in [0.15, 0.2) is 35.7 Å². The van der Waals surface area contributed by atoms with Gasteiger partial charge in [0.05, 0.1) is 5.02 Å². The molecule has 1 unspecified atom stereocenters. The molecule has 1 nitrogen and oxygen atoms in total. The van der Waals surface area contributed by atoms with E-state index >= 15 is 0 Å². The quantitative estimate of drug-likeness (QED) is 0.887. The molecule has 1 heterocycles. The second kappa shape index (κ2) is 4.95. The number of halogens is 2. The summed E-state index contributed by atoms with van der Waals surface area (Å²) in [6.07, 6.45) is 0.721. The van der Waals surface area contributed by atoms with Gasteiger partial charge < -0.3 is 5.73 Å². The van der Waals surface area contributed by atoms with E-state index in [9.17, 15) is 4.39 Å². The van der Waals surface area contributed by atoms with Crippen LogP contribution in [0.1, 0.15) is 16.5 Å². The van der Waals surface area contributed by atoms with Crippen LogP contribution in [-0.4, -0.2) is 0 Å². The maximum absolute atomic E-state index is 13.2. The molecule has 0 amide bonds. The molecule has 16 heavy (non-hydrogen) atoms. The summed E-state index contributed by atoms with van der Waals surface area (Å²) in [7, 11) is 0. The molecule has 0 aliphatic heterocycles. The third-order valence-corrected chi connectivity index (χ3v) is 3.58. The summed E-state index contributed by atoms with van der Waals surface area (Å²) in [5.74, 6) is -0.416. The van der Waals surface area contributed by atoms with Crippen LogP contribution < -0.4 is 5.73 Å². The molecule has 0 saturated heterocycles. The average Bonchev–Trinajstić information content (AvgIpc) is 2.74. The first-order chi connectivity index (χ1) is 7.66. The fourth-order valence-corrected chi connectivity index (χ4v) is 2.39. The van der Waals surface area contributed by atoms with Crippen LogP contribution in [0.2, 0.25) is 5.02 Å². The molecular formula is C12H11ClFNS. The van der Waals surface area contributed by atoms with Crippen LogP contribution in [0, 0.1) is 5.82 Å². The maximum Gasteiger partial charge on any atom is 0.142 e. The molecule has 0 aliphatic rings. The van der Waals surface area contributed by atoms with Gasteiger partial charge in [-0.25, -0.2) is 4.39 Å². The first kappa shape index (κ1) is 11.6. The van der Waals surface area contributed by atoms with Crippen molar-refractivity contribution in [1.82, 2.24) is 0 Å². The van der Waals surface area contributed by atoms with Crippen LogP contribution in [0.25, 0.3) is 0 Å². The molecule has 2 aromatic rings. The lowest BCUT2D eigenvalue weighted by atomic mass is 10.0. The molecule has 84 valence electrons. The normalized spacial score (nSPS) is 12.7. The van der Waals surface area contributed by atoms with Crippen LogP contribution in [0.5, 0.6) is 0 Å². The molecule has 0 spiro atoms. The Bertz CT molecular complexity index is 470. The lowest BCUT2D eigenvalue weighted by molar-refractivity contribution is 0.619. The van der Waals surface area contributed by atoms with Gasteiger partial charge in [0.1, 0.15) is 5.82 Å². The van der Waals surface area contributed by atoms with Crippen molar-refractivity contribution in [3.63, 3.8) is 0 Å². The Morgan fingerprint density at radius 3 is 2.81 bits per heavy atom. The lowest BCUT2D eigenvalue weighted by Gasteiger charge is -2.11. The van der Waals surface area contributed by atoms with E-state index in [1.54, 1.807) is 23.5 Å². The summed E-state index contributed by atoms with van der Waals surface area (Å²) in [6, 6.07) is 8.53. The van der Waals surface area contributed by atoms with Crippen LogP contribution >= 0.6 is 22.9 Å². The number of benzene rings is 1. The molecule has 0 aliphatic carbocycles. The van der Waals surface area contributed by atoms with Gasteiger partial charge in [-0.15, -0.1) is 11.3 Å². The SMILES string of the molecule is NC(Cc1cccs1)c1ccc(Cl)c(F)c1. The van der Waals surface area contributed by atoms with E-state index in [4.69, 9.17) is 17.3 Å². The summed E-state index contributed by atoms with van der Waals surface area (Å²) >= 11 is 7.27. The largest absolute Gasteiger partial charge is 0.324 e. The smallest absolute Gasteiger partial charge is 0.142 e. The first-order valence-corrected chi connectivity index (χ1v) is 6.15. The van der Waals surface area contributed by atoms with Gasteiger partial charge in [-0.3, -0.25) is 0 Å². The summed E-state index contributed by atoms with van der Waals surface area (Å²) in [5.41, 5.74) is 6.78.